The van der Waals surface area contributed by atoms with Crippen molar-refractivity contribution in [3.05, 3.63) is 63.4 Å². The fourth-order valence-corrected chi connectivity index (χ4v) is 6.36. The molecule has 1 aromatic carbocycles. The lowest BCUT2D eigenvalue weighted by Gasteiger charge is -2.28. The maximum Gasteiger partial charge on any atom is 0.330 e. The predicted molar refractivity (Wildman–Crippen MR) is 149 cm³/mol. The Bertz CT molecular complexity index is 1360. The number of H-pyrrole nitrogens is 1. The fraction of sp³-hybridized carbons (Fsp3) is 0.435. The first-order valence-corrected chi connectivity index (χ1v) is 15.1. The van der Waals surface area contributed by atoms with Gasteiger partial charge in [-0.1, -0.05) is 18.2 Å². The molecule has 6 atom stereocenters. The third-order valence-electron chi connectivity index (χ3n) is 5.27. The van der Waals surface area contributed by atoms with Crippen molar-refractivity contribution in [3.8, 4) is 15.6 Å². The van der Waals surface area contributed by atoms with Gasteiger partial charge in [-0.25, -0.2) is 9.88 Å². The van der Waals surface area contributed by atoms with E-state index in [9.17, 15) is 24.6 Å². The normalized spacial score (nSPS) is 25.2. The van der Waals surface area contributed by atoms with Crippen LogP contribution in [0, 0.1) is 9.85 Å². The fourth-order valence-electron chi connectivity index (χ4n) is 3.51. The lowest BCUT2D eigenvalue weighted by Crippen LogP contribution is -2.48. The summed E-state index contributed by atoms with van der Waals surface area (Å²) in [6.45, 7) is 1.06. The van der Waals surface area contributed by atoms with E-state index in [-0.39, 0.29) is 6.10 Å². The number of benzene rings is 1. The number of aromatic amines is 1. The van der Waals surface area contributed by atoms with Gasteiger partial charge in [-0.2, -0.15) is 0 Å². The molecule has 0 spiro atoms. The van der Waals surface area contributed by atoms with Gasteiger partial charge in [-0.05, 0) is 54.6 Å². The first-order valence-electron chi connectivity index (χ1n) is 11.4. The summed E-state index contributed by atoms with van der Waals surface area (Å²) in [6.07, 6.45) is -3.61. The second-order valence-corrected chi connectivity index (χ2v) is 12.2. The minimum atomic E-state index is -3.48. The molecule has 1 aliphatic rings. The summed E-state index contributed by atoms with van der Waals surface area (Å²) in [4.78, 5) is 38.4. The van der Waals surface area contributed by atoms with Crippen molar-refractivity contribution < 1.29 is 33.5 Å². The highest BCUT2D eigenvalue weighted by atomic mass is 127. The second kappa shape index (κ2) is 12.8. The lowest BCUT2D eigenvalue weighted by molar-refractivity contribution is -0.149. The molecular formula is C23H27IN3O9PS. The number of hydrogen-bond acceptors (Lipinski definition) is 10. The number of nitrogens with one attached hydrogen (secondary N) is 2. The molecule has 0 bridgehead atoms. The Labute approximate surface area is 237 Å². The Kier molecular flexibility index (Phi) is 10.3. The number of nitrogens with zero attached hydrogens (tertiary/aromatic N) is 1. The highest BCUT2D eigenvalue weighted by Gasteiger charge is 2.56. The third kappa shape index (κ3) is 7.30. The molecule has 2 aromatic rings. The molecule has 1 fully saturated rings. The van der Waals surface area contributed by atoms with Crippen LogP contribution in [-0.2, 0) is 30.6 Å². The van der Waals surface area contributed by atoms with Gasteiger partial charge in [0.2, 0.25) is 0 Å². The number of ether oxygens (including phenoxy) is 2. The van der Waals surface area contributed by atoms with Crippen molar-refractivity contribution in [1.29, 1.82) is 0 Å². The highest BCUT2D eigenvalue weighted by Crippen LogP contribution is 2.47. The smallest absolute Gasteiger partial charge is 0.330 e. The van der Waals surface area contributed by atoms with E-state index in [1.807, 2.05) is 0 Å². The summed E-state index contributed by atoms with van der Waals surface area (Å²) >= 11 is 7.33. The minimum absolute atomic E-state index is 0.354. The van der Waals surface area contributed by atoms with Crippen LogP contribution in [-0.4, -0.2) is 62.3 Å². The minimum Gasteiger partial charge on any atom is -0.462 e. The van der Waals surface area contributed by atoms with Crippen LogP contribution in [0.25, 0.3) is 0 Å². The number of esters is 1. The molecule has 1 aliphatic heterocycles. The van der Waals surface area contributed by atoms with Crippen molar-refractivity contribution in [2.75, 3.05) is 6.61 Å². The monoisotopic (exact) mass is 679 g/mol. The Morgan fingerprint density at radius 2 is 2.00 bits per heavy atom. The van der Waals surface area contributed by atoms with Gasteiger partial charge in [-0.15, -0.1) is 0 Å². The summed E-state index contributed by atoms with van der Waals surface area (Å²) in [5.74, 6) is 2.27. The molecule has 1 unspecified atom stereocenters. The molecule has 0 radical (unpaired) electrons. The summed E-state index contributed by atoms with van der Waals surface area (Å²) in [5.41, 5.74) is -3.76. The Morgan fingerprint density at radius 1 is 1.32 bits per heavy atom. The molecule has 12 nitrogen and oxygen atoms in total. The zero-order chi connectivity index (χ0) is 28.1. The number of aliphatic hydroxyl groups is 2. The SMILES string of the molecule is CC(C)OC(=O)[C@H](C)NP(=S)(OC[C@H]1O[C@@H](n2ccc(=O)[nH]c2=O)[C@@](O)(C#CI)[C@@H]1O)Oc1ccccc1. The Balaban J connectivity index is 1.86. The standard InChI is InChI=1S/C23H27IN3O9PS/c1-14(2)34-20(30)15(3)26-37(38,36-16-7-5-4-6-8-16)33-13-17-19(29)23(32,10-11-24)21(35-17)27-12-9-18(28)25-22(27)31/h4-9,12,14-15,17,19,21,29,32H,13H2,1-3H3,(H,26,38)(H,25,28,31)/t15-,17+,19+,21+,23+,37?/m0/s1. The van der Waals surface area contributed by atoms with Crippen LogP contribution in [0.5, 0.6) is 5.75 Å². The number of aliphatic hydroxyl groups excluding tert-OH is 1. The maximum absolute atomic E-state index is 12.4. The van der Waals surface area contributed by atoms with E-state index in [1.165, 1.54) is 6.92 Å². The Hall–Kier alpha value is -2.09. The first-order chi connectivity index (χ1) is 17.9. The van der Waals surface area contributed by atoms with Crippen LogP contribution >= 0.6 is 29.2 Å². The van der Waals surface area contributed by atoms with E-state index in [0.29, 0.717) is 5.75 Å². The van der Waals surface area contributed by atoms with Gasteiger partial charge in [0.15, 0.2) is 11.8 Å². The van der Waals surface area contributed by atoms with Crippen LogP contribution < -0.4 is 20.9 Å². The van der Waals surface area contributed by atoms with E-state index in [4.69, 9.17) is 30.3 Å². The molecule has 1 aromatic heterocycles. The van der Waals surface area contributed by atoms with Crippen LogP contribution in [0.4, 0.5) is 0 Å². The van der Waals surface area contributed by atoms with E-state index < -0.39 is 60.5 Å². The quantitative estimate of drug-likeness (QED) is 0.124. The van der Waals surface area contributed by atoms with Crippen LogP contribution in [0.3, 0.4) is 0 Å². The molecule has 2 heterocycles. The Morgan fingerprint density at radius 3 is 2.61 bits per heavy atom. The van der Waals surface area contributed by atoms with Crippen LogP contribution in [0.1, 0.15) is 27.0 Å². The van der Waals surface area contributed by atoms with Crippen molar-refractivity contribution in [3.63, 3.8) is 0 Å². The van der Waals surface area contributed by atoms with Gasteiger partial charge < -0.3 is 28.7 Å². The lowest BCUT2D eigenvalue weighted by atomic mass is 9.95. The first kappa shape index (κ1) is 30.5. The molecule has 206 valence electrons. The van der Waals surface area contributed by atoms with Crippen molar-refractivity contribution in [2.45, 2.75) is 57.0 Å². The predicted octanol–water partition coefficient (Wildman–Crippen LogP) is 1.17. The van der Waals surface area contributed by atoms with E-state index in [2.05, 4.69) is 19.9 Å². The third-order valence-corrected chi connectivity index (χ3v) is 8.04. The van der Waals surface area contributed by atoms with Gasteiger partial charge >= 0.3 is 18.3 Å². The molecule has 0 saturated carbocycles. The van der Waals surface area contributed by atoms with Crippen LogP contribution in [0.2, 0.25) is 0 Å². The zero-order valence-corrected chi connectivity index (χ0v) is 24.4. The molecule has 15 heteroatoms. The summed E-state index contributed by atoms with van der Waals surface area (Å²) in [6, 6.07) is 8.69. The van der Waals surface area contributed by atoms with Crippen molar-refractivity contribution in [1.82, 2.24) is 14.6 Å². The number of para-hydroxylation sites is 1. The molecule has 38 heavy (non-hydrogen) atoms. The molecule has 0 aliphatic carbocycles. The largest absolute Gasteiger partial charge is 0.462 e. The van der Waals surface area contributed by atoms with E-state index in [0.717, 1.165) is 16.8 Å². The van der Waals surface area contributed by atoms with Gasteiger partial charge in [0.25, 0.3) is 5.56 Å². The topological polar surface area (TPSA) is 161 Å². The molecular weight excluding hydrogens is 652 g/mol. The summed E-state index contributed by atoms with van der Waals surface area (Å²) in [5, 5.41) is 25.1. The average Bonchev–Trinajstić information content (AvgIpc) is 3.08. The number of carbonyl (C=O) groups excluding carboxylic acids is 1. The number of halogens is 1. The molecule has 3 rings (SSSR count). The number of rotatable bonds is 10. The summed E-state index contributed by atoms with van der Waals surface area (Å²) < 4.78 is 26.3. The van der Waals surface area contributed by atoms with Gasteiger partial charge in [0.05, 0.1) is 12.7 Å². The number of hydrogen-bond donors (Lipinski definition) is 4. The number of aromatic nitrogens is 2. The summed E-state index contributed by atoms with van der Waals surface area (Å²) in [7, 11) is 0. The van der Waals surface area contributed by atoms with Crippen molar-refractivity contribution in [2.24, 2.45) is 0 Å². The second-order valence-electron chi connectivity index (χ2n) is 8.57. The van der Waals surface area contributed by atoms with E-state index >= 15 is 0 Å². The van der Waals surface area contributed by atoms with E-state index in [1.54, 1.807) is 66.8 Å². The zero-order valence-electron chi connectivity index (χ0n) is 20.6. The number of carbonyl (C=O) groups is 1. The molecule has 0 amide bonds. The van der Waals surface area contributed by atoms with Crippen LogP contribution in [0.15, 0.2) is 52.2 Å². The maximum atomic E-state index is 12.4. The van der Waals surface area contributed by atoms with Gasteiger partial charge in [0, 0.05) is 34.9 Å². The highest BCUT2D eigenvalue weighted by molar-refractivity contribution is 14.1. The molecule has 1 saturated heterocycles. The van der Waals surface area contributed by atoms with Gasteiger partial charge in [0.1, 0.15) is 24.0 Å². The van der Waals surface area contributed by atoms with Gasteiger partial charge in [-0.3, -0.25) is 19.1 Å². The average molecular weight is 679 g/mol. The van der Waals surface area contributed by atoms with Crippen molar-refractivity contribution >= 4 is 47.0 Å². The molecule has 4 N–H and O–H groups in total.